The van der Waals surface area contributed by atoms with E-state index >= 15 is 0 Å². The molecule has 6 nitrogen and oxygen atoms in total. The molecule has 0 bridgehead atoms. The molecule has 0 atom stereocenters. The molecule has 150 valence electrons. The van der Waals surface area contributed by atoms with Crippen molar-refractivity contribution >= 4 is 17.1 Å². The van der Waals surface area contributed by atoms with Gasteiger partial charge in [0.25, 0.3) is 5.69 Å². The van der Waals surface area contributed by atoms with Crippen LogP contribution in [-0.4, -0.2) is 31.2 Å². The van der Waals surface area contributed by atoms with E-state index in [0.29, 0.717) is 18.8 Å². The monoisotopic (exact) mass is 383 g/mol. The van der Waals surface area contributed by atoms with Crippen molar-refractivity contribution in [3.8, 4) is 5.75 Å². The molecule has 0 aliphatic carbocycles. The summed E-state index contributed by atoms with van der Waals surface area (Å²) in [7, 11) is 0. The molecular weight excluding hydrogens is 354 g/mol. The van der Waals surface area contributed by atoms with Gasteiger partial charge in [0, 0.05) is 31.4 Å². The summed E-state index contributed by atoms with van der Waals surface area (Å²) in [6.45, 7) is 9.46. The molecule has 0 aromatic heterocycles. The lowest BCUT2D eigenvalue weighted by Crippen LogP contribution is -2.18. The van der Waals surface area contributed by atoms with E-state index in [-0.39, 0.29) is 16.0 Å². The van der Waals surface area contributed by atoms with Gasteiger partial charge in [-0.3, -0.25) is 10.1 Å². The zero-order valence-corrected chi connectivity index (χ0v) is 16.9. The number of rotatable bonds is 7. The third kappa shape index (κ3) is 4.94. The molecule has 28 heavy (non-hydrogen) atoms. The van der Waals surface area contributed by atoms with Gasteiger partial charge in [0.15, 0.2) is 0 Å². The maximum absolute atomic E-state index is 11.3. The van der Waals surface area contributed by atoms with Gasteiger partial charge in [0.1, 0.15) is 18.0 Å². The third-order valence-corrected chi connectivity index (χ3v) is 5.05. The van der Waals surface area contributed by atoms with E-state index in [0.717, 1.165) is 24.5 Å². The summed E-state index contributed by atoms with van der Waals surface area (Å²) in [6, 6.07) is 13.4. The summed E-state index contributed by atoms with van der Waals surface area (Å²) in [4.78, 5) is 13.3. The van der Waals surface area contributed by atoms with Gasteiger partial charge in [-0.2, -0.15) is 0 Å². The minimum absolute atomic E-state index is 0.0949. The van der Waals surface area contributed by atoms with E-state index in [4.69, 9.17) is 4.74 Å². The summed E-state index contributed by atoms with van der Waals surface area (Å²) >= 11 is 0. The molecule has 1 N–H and O–H groups in total. The first-order valence-corrected chi connectivity index (χ1v) is 9.85. The summed E-state index contributed by atoms with van der Waals surface area (Å²) in [6.07, 6.45) is 2.34. The summed E-state index contributed by atoms with van der Waals surface area (Å²) < 4.78 is 5.78. The third-order valence-electron chi connectivity index (χ3n) is 5.05. The predicted octanol–water partition coefficient (Wildman–Crippen LogP) is 4.98. The largest absolute Gasteiger partial charge is 0.492 e. The predicted molar refractivity (Wildman–Crippen MR) is 114 cm³/mol. The maximum Gasteiger partial charge on any atom is 0.292 e. The van der Waals surface area contributed by atoms with Gasteiger partial charge < -0.3 is 15.0 Å². The summed E-state index contributed by atoms with van der Waals surface area (Å²) in [5.74, 6) is 0.801. The van der Waals surface area contributed by atoms with Crippen LogP contribution in [0, 0.1) is 10.1 Å². The quantitative estimate of drug-likeness (QED) is 0.415. The van der Waals surface area contributed by atoms with Crippen molar-refractivity contribution in [3.63, 3.8) is 0 Å². The first kappa shape index (κ1) is 20.0. The Balaban J connectivity index is 1.59. The highest BCUT2D eigenvalue weighted by atomic mass is 16.6. The van der Waals surface area contributed by atoms with Gasteiger partial charge in [-0.1, -0.05) is 32.9 Å². The van der Waals surface area contributed by atoms with Crippen LogP contribution in [0.1, 0.15) is 39.2 Å². The highest BCUT2D eigenvalue weighted by Crippen LogP contribution is 2.31. The highest BCUT2D eigenvalue weighted by molar-refractivity contribution is 5.69. The smallest absolute Gasteiger partial charge is 0.292 e. The normalized spacial score (nSPS) is 14.2. The number of nitrogens with zero attached hydrogens (tertiary/aromatic N) is 2. The number of nitro benzene ring substituents is 1. The van der Waals surface area contributed by atoms with E-state index in [9.17, 15) is 10.1 Å². The van der Waals surface area contributed by atoms with E-state index in [1.54, 1.807) is 6.07 Å². The fraction of sp³-hybridized carbons (Fsp3) is 0.455. The molecule has 1 aliphatic rings. The second-order valence-electron chi connectivity index (χ2n) is 8.20. The lowest BCUT2D eigenvalue weighted by atomic mass is 9.87. The Labute approximate surface area is 166 Å². The number of nitrogens with one attached hydrogen (secondary N) is 1. The van der Waals surface area contributed by atoms with E-state index < -0.39 is 0 Å². The van der Waals surface area contributed by atoms with Crippen molar-refractivity contribution in [2.75, 3.05) is 36.5 Å². The van der Waals surface area contributed by atoms with Gasteiger partial charge in [0.05, 0.1) is 4.92 Å². The van der Waals surface area contributed by atoms with Gasteiger partial charge in [0.2, 0.25) is 0 Å². The molecule has 3 rings (SSSR count). The van der Waals surface area contributed by atoms with Crippen molar-refractivity contribution in [1.82, 2.24) is 0 Å². The zero-order valence-electron chi connectivity index (χ0n) is 16.9. The lowest BCUT2D eigenvalue weighted by Gasteiger charge is -2.19. The molecule has 6 heteroatoms. The lowest BCUT2D eigenvalue weighted by molar-refractivity contribution is -0.383. The minimum Gasteiger partial charge on any atom is -0.492 e. The molecular formula is C22H29N3O3. The second kappa shape index (κ2) is 8.50. The molecule has 1 saturated heterocycles. The molecule has 1 aliphatic heterocycles. The van der Waals surface area contributed by atoms with Crippen LogP contribution in [0.2, 0.25) is 0 Å². The van der Waals surface area contributed by atoms with Crippen LogP contribution in [0.25, 0.3) is 0 Å². The van der Waals surface area contributed by atoms with Crippen LogP contribution in [0.4, 0.5) is 17.1 Å². The average molecular weight is 383 g/mol. The van der Waals surface area contributed by atoms with Gasteiger partial charge in [-0.15, -0.1) is 0 Å². The van der Waals surface area contributed by atoms with Crippen molar-refractivity contribution in [3.05, 3.63) is 58.1 Å². The number of hydrogen-bond donors (Lipinski definition) is 1. The Kier molecular flexibility index (Phi) is 6.07. The number of benzene rings is 2. The van der Waals surface area contributed by atoms with Crippen LogP contribution in [0.5, 0.6) is 5.75 Å². The maximum atomic E-state index is 11.3. The molecule has 0 amide bonds. The van der Waals surface area contributed by atoms with Crippen LogP contribution in [0.15, 0.2) is 42.5 Å². The van der Waals surface area contributed by atoms with Crippen LogP contribution < -0.4 is 15.0 Å². The molecule has 0 saturated carbocycles. The first-order valence-electron chi connectivity index (χ1n) is 9.85. The van der Waals surface area contributed by atoms with E-state index in [1.165, 1.54) is 18.4 Å². The molecule has 0 spiro atoms. The number of hydrogen-bond acceptors (Lipinski definition) is 5. The number of ether oxygens (including phenoxy) is 1. The first-order chi connectivity index (χ1) is 13.3. The van der Waals surface area contributed by atoms with E-state index in [1.807, 2.05) is 24.3 Å². The Hall–Kier alpha value is -2.76. The molecule has 2 aromatic rings. The Bertz CT molecular complexity index is 807. The SMILES string of the molecule is CC(C)(C)c1ccc(OCCNc2cc(N3CCCC3)ccc2[N+](=O)[O-])cc1. The Morgan fingerprint density at radius 3 is 2.39 bits per heavy atom. The molecule has 0 unspecified atom stereocenters. The Morgan fingerprint density at radius 2 is 1.79 bits per heavy atom. The summed E-state index contributed by atoms with van der Waals surface area (Å²) in [5.41, 5.74) is 3.04. The zero-order chi connectivity index (χ0) is 20.1. The van der Waals surface area contributed by atoms with Crippen LogP contribution in [-0.2, 0) is 5.41 Å². The van der Waals surface area contributed by atoms with Gasteiger partial charge in [-0.25, -0.2) is 0 Å². The standard InChI is InChI=1S/C22H29N3O3/c1-22(2,3)17-6-9-19(10-7-17)28-15-12-23-20-16-18(24-13-4-5-14-24)8-11-21(20)25(26)27/h6-11,16,23H,4-5,12-15H2,1-3H3. The van der Waals surface area contributed by atoms with Gasteiger partial charge in [-0.05, 0) is 48.1 Å². The number of anilines is 2. The number of nitro groups is 1. The van der Waals surface area contributed by atoms with Crippen molar-refractivity contribution in [2.45, 2.75) is 39.0 Å². The molecule has 1 heterocycles. The average Bonchev–Trinajstić information content (AvgIpc) is 3.19. The fourth-order valence-electron chi connectivity index (χ4n) is 3.40. The molecule has 1 fully saturated rings. The second-order valence-corrected chi connectivity index (χ2v) is 8.20. The highest BCUT2D eigenvalue weighted by Gasteiger charge is 2.18. The van der Waals surface area contributed by atoms with Crippen molar-refractivity contribution in [2.24, 2.45) is 0 Å². The van der Waals surface area contributed by atoms with E-state index in [2.05, 4.69) is 43.1 Å². The minimum atomic E-state index is -0.345. The van der Waals surface area contributed by atoms with Crippen molar-refractivity contribution in [1.29, 1.82) is 0 Å². The topological polar surface area (TPSA) is 67.6 Å². The van der Waals surface area contributed by atoms with Gasteiger partial charge >= 0.3 is 0 Å². The van der Waals surface area contributed by atoms with Crippen molar-refractivity contribution < 1.29 is 9.66 Å². The summed E-state index contributed by atoms with van der Waals surface area (Å²) in [5, 5.41) is 14.5. The molecule has 0 radical (unpaired) electrons. The van der Waals surface area contributed by atoms with Crippen LogP contribution in [0.3, 0.4) is 0 Å². The van der Waals surface area contributed by atoms with Crippen LogP contribution >= 0.6 is 0 Å². The Morgan fingerprint density at radius 1 is 1.11 bits per heavy atom. The molecule has 2 aromatic carbocycles. The fourth-order valence-corrected chi connectivity index (χ4v) is 3.40.